The number of aliphatic hydroxyl groups excluding tert-OH is 1. The van der Waals surface area contributed by atoms with Gasteiger partial charge in [-0.25, -0.2) is 0 Å². The smallest absolute Gasteiger partial charge is 0.0704 e. The predicted octanol–water partition coefficient (Wildman–Crippen LogP) is 0.608. The maximum atomic E-state index is 8.28. The van der Waals surface area contributed by atoms with Crippen LogP contribution in [0.5, 0.6) is 0 Å². The molecule has 1 radical (unpaired) electrons. The molecule has 0 rings (SSSR count). The Morgan fingerprint density at radius 2 is 2.12 bits per heavy atom. The third kappa shape index (κ3) is 5.92. The fraction of sp³-hybridized carbons (Fsp3) is 0.833. The summed E-state index contributed by atoms with van der Waals surface area (Å²) in [6.45, 7) is 7.81. The van der Waals surface area contributed by atoms with Gasteiger partial charge in [0.05, 0.1) is 18.8 Å². The predicted molar refractivity (Wildman–Crippen MR) is 32.5 cm³/mol. The van der Waals surface area contributed by atoms with Crippen molar-refractivity contribution in [3.8, 4) is 0 Å². The van der Waals surface area contributed by atoms with Gasteiger partial charge >= 0.3 is 0 Å². The normalized spacial score (nSPS) is 12.0. The van der Waals surface area contributed by atoms with Crippen molar-refractivity contribution in [1.29, 1.82) is 0 Å². The SMILES string of the molecule is [CH2]C(C)(C)OCCO. The van der Waals surface area contributed by atoms with Crippen LogP contribution in [-0.4, -0.2) is 23.9 Å². The molecule has 2 nitrogen and oxygen atoms in total. The quantitative estimate of drug-likeness (QED) is 0.586. The number of ether oxygens (including phenoxy) is 1. The van der Waals surface area contributed by atoms with E-state index in [9.17, 15) is 0 Å². The second-order valence-electron chi connectivity index (χ2n) is 2.33. The Morgan fingerprint density at radius 3 is 2.25 bits per heavy atom. The van der Waals surface area contributed by atoms with Crippen molar-refractivity contribution in [2.45, 2.75) is 19.4 Å². The molecule has 2 heteroatoms. The Labute approximate surface area is 50.5 Å². The second-order valence-corrected chi connectivity index (χ2v) is 2.33. The van der Waals surface area contributed by atoms with Crippen LogP contribution in [0, 0.1) is 6.92 Å². The molecule has 0 heterocycles. The molecule has 0 aromatic carbocycles. The van der Waals surface area contributed by atoms with E-state index < -0.39 is 0 Å². The molecule has 0 bridgehead atoms. The highest BCUT2D eigenvalue weighted by Crippen LogP contribution is 2.03. The third-order valence-electron chi connectivity index (χ3n) is 0.584. The summed E-state index contributed by atoms with van der Waals surface area (Å²) >= 11 is 0. The molecule has 0 atom stereocenters. The summed E-state index contributed by atoms with van der Waals surface area (Å²) in [5.41, 5.74) is -0.358. The first-order chi connectivity index (χ1) is 3.56. The summed E-state index contributed by atoms with van der Waals surface area (Å²) in [7, 11) is 0. The van der Waals surface area contributed by atoms with Gasteiger partial charge in [0.2, 0.25) is 0 Å². The first-order valence-corrected chi connectivity index (χ1v) is 2.66. The van der Waals surface area contributed by atoms with Crippen molar-refractivity contribution < 1.29 is 9.84 Å². The van der Waals surface area contributed by atoms with E-state index in [1.165, 1.54) is 0 Å². The Kier molecular flexibility index (Phi) is 3.02. The Morgan fingerprint density at radius 1 is 1.62 bits per heavy atom. The summed E-state index contributed by atoms with van der Waals surface area (Å²) in [5, 5.41) is 8.28. The molecule has 0 aliphatic heterocycles. The van der Waals surface area contributed by atoms with Gasteiger partial charge in [-0.2, -0.15) is 0 Å². The molecule has 8 heavy (non-hydrogen) atoms. The average Bonchev–Trinajstić information content (AvgIpc) is 1.59. The molecular formula is C6H13O2. The monoisotopic (exact) mass is 117 g/mol. The minimum atomic E-state index is -0.358. The van der Waals surface area contributed by atoms with Gasteiger partial charge in [-0.1, -0.05) is 0 Å². The average molecular weight is 117 g/mol. The highest BCUT2D eigenvalue weighted by Gasteiger charge is 2.07. The molecule has 0 unspecified atom stereocenters. The van der Waals surface area contributed by atoms with Gasteiger partial charge in [-0.05, 0) is 20.8 Å². The van der Waals surface area contributed by atoms with Crippen molar-refractivity contribution in [1.82, 2.24) is 0 Å². The van der Waals surface area contributed by atoms with E-state index in [4.69, 9.17) is 9.84 Å². The molecule has 0 aliphatic rings. The van der Waals surface area contributed by atoms with Crippen LogP contribution in [0.2, 0.25) is 0 Å². The minimum absolute atomic E-state index is 0.0684. The van der Waals surface area contributed by atoms with Crippen LogP contribution in [0.4, 0.5) is 0 Å². The van der Waals surface area contributed by atoms with Gasteiger partial charge < -0.3 is 9.84 Å². The molecule has 0 amide bonds. The molecule has 0 aliphatic carbocycles. The maximum Gasteiger partial charge on any atom is 0.0704 e. The molecule has 0 saturated heterocycles. The van der Waals surface area contributed by atoms with E-state index in [2.05, 4.69) is 6.92 Å². The van der Waals surface area contributed by atoms with Crippen molar-refractivity contribution in [2.24, 2.45) is 0 Å². The Bertz CT molecular complexity index is 54.0. The Balaban J connectivity index is 3.11. The van der Waals surface area contributed by atoms with E-state index in [1.54, 1.807) is 0 Å². The minimum Gasteiger partial charge on any atom is -0.394 e. The van der Waals surface area contributed by atoms with Gasteiger partial charge in [-0.3, -0.25) is 0 Å². The third-order valence-corrected chi connectivity index (χ3v) is 0.584. The van der Waals surface area contributed by atoms with E-state index in [0.29, 0.717) is 6.61 Å². The van der Waals surface area contributed by atoms with Crippen LogP contribution in [0.1, 0.15) is 13.8 Å². The fourth-order valence-corrected chi connectivity index (χ4v) is 0.322. The molecule has 0 saturated carbocycles. The zero-order chi connectivity index (χ0) is 6.62. The second kappa shape index (κ2) is 3.05. The van der Waals surface area contributed by atoms with Gasteiger partial charge in [0.25, 0.3) is 0 Å². The van der Waals surface area contributed by atoms with Crippen molar-refractivity contribution in [3.05, 3.63) is 6.92 Å². The lowest BCUT2D eigenvalue weighted by Crippen LogP contribution is -2.21. The molecule has 49 valence electrons. The summed E-state index contributed by atoms with van der Waals surface area (Å²) < 4.78 is 5.02. The molecule has 0 fully saturated rings. The molecule has 0 aromatic heterocycles. The van der Waals surface area contributed by atoms with Gasteiger partial charge in [0.1, 0.15) is 0 Å². The lowest BCUT2D eigenvalue weighted by Gasteiger charge is -2.17. The lowest BCUT2D eigenvalue weighted by molar-refractivity contribution is -0.00228. The largest absolute Gasteiger partial charge is 0.394 e. The number of hydrogen-bond acceptors (Lipinski definition) is 2. The lowest BCUT2D eigenvalue weighted by atomic mass is 10.2. The maximum absolute atomic E-state index is 8.28. The number of rotatable bonds is 3. The summed E-state index contributed by atoms with van der Waals surface area (Å²) in [4.78, 5) is 0. The van der Waals surface area contributed by atoms with E-state index in [0.717, 1.165) is 0 Å². The van der Waals surface area contributed by atoms with Crippen LogP contribution in [-0.2, 0) is 4.74 Å². The van der Waals surface area contributed by atoms with Crippen LogP contribution in [0.15, 0.2) is 0 Å². The zero-order valence-electron chi connectivity index (χ0n) is 5.48. The molecular weight excluding hydrogens is 104 g/mol. The summed E-state index contributed by atoms with van der Waals surface area (Å²) in [5.74, 6) is 0. The molecule has 0 spiro atoms. The zero-order valence-corrected chi connectivity index (χ0v) is 5.48. The van der Waals surface area contributed by atoms with E-state index in [-0.39, 0.29) is 12.2 Å². The standard InChI is InChI=1S/C6H13O2/c1-6(2,3)8-5-4-7/h7H,1,4-5H2,2-3H3. The summed E-state index contributed by atoms with van der Waals surface area (Å²) in [6.07, 6.45) is 0. The van der Waals surface area contributed by atoms with Gasteiger partial charge in [-0.15, -0.1) is 0 Å². The highest BCUT2D eigenvalue weighted by atomic mass is 16.5. The fourth-order valence-electron chi connectivity index (χ4n) is 0.322. The Hall–Kier alpha value is -0.0800. The van der Waals surface area contributed by atoms with Crippen molar-refractivity contribution in [2.75, 3.05) is 13.2 Å². The first kappa shape index (κ1) is 7.92. The van der Waals surface area contributed by atoms with E-state index in [1.807, 2.05) is 13.8 Å². The van der Waals surface area contributed by atoms with Crippen LogP contribution in [0.3, 0.4) is 0 Å². The molecule has 1 N–H and O–H groups in total. The topological polar surface area (TPSA) is 29.5 Å². The van der Waals surface area contributed by atoms with Crippen LogP contribution < -0.4 is 0 Å². The van der Waals surface area contributed by atoms with Crippen LogP contribution >= 0.6 is 0 Å². The summed E-state index contributed by atoms with van der Waals surface area (Å²) in [6, 6.07) is 0. The number of hydrogen-bond donors (Lipinski definition) is 1. The van der Waals surface area contributed by atoms with E-state index >= 15 is 0 Å². The van der Waals surface area contributed by atoms with Gasteiger partial charge in [0, 0.05) is 0 Å². The number of aliphatic hydroxyl groups is 1. The van der Waals surface area contributed by atoms with Crippen molar-refractivity contribution in [3.63, 3.8) is 0 Å². The molecule has 0 aromatic rings. The van der Waals surface area contributed by atoms with Crippen molar-refractivity contribution >= 4 is 0 Å². The van der Waals surface area contributed by atoms with Crippen LogP contribution in [0.25, 0.3) is 0 Å². The first-order valence-electron chi connectivity index (χ1n) is 2.66. The highest BCUT2D eigenvalue weighted by molar-refractivity contribution is 4.69. The van der Waals surface area contributed by atoms with Gasteiger partial charge in [0.15, 0.2) is 0 Å².